The highest BCUT2D eigenvalue weighted by molar-refractivity contribution is 5.61. The Hall–Kier alpha value is -2.19. The molecule has 0 N–H and O–H groups in total. The van der Waals surface area contributed by atoms with Gasteiger partial charge < -0.3 is 4.52 Å². The zero-order chi connectivity index (χ0) is 12.3. The fourth-order valence-electron chi connectivity index (χ4n) is 1.53. The SMILES string of the molecule is CC(C)c1ccc(-c2cc(N=C=O)no2)cc1. The Morgan fingerprint density at radius 2 is 2.00 bits per heavy atom. The maximum absolute atomic E-state index is 10.1. The smallest absolute Gasteiger partial charge is 0.242 e. The van der Waals surface area contributed by atoms with Gasteiger partial charge in [-0.1, -0.05) is 43.3 Å². The van der Waals surface area contributed by atoms with E-state index in [9.17, 15) is 4.79 Å². The quantitative estimate of drug-likeness (QED) is 0.597. The van der Waals surface area contributed by atoms with Gasteiger partial charge in [-0.2, -0.15) is 0 Å². The third kappa shape index (κ3) is 2.49. The molecular formula is C13H12N2O2. The van der Waals surface area contributed by atoms with Crippen molar-refractivity contribution in [2.45, 2.75) is 19.8 Å². The molecule has 2 rings (SSSR count). The molecule has 0 radical (unpaired) electrons. The molecular weight excluding hydrogens is 216 g/mol. The molecule has 0 aliphatic carbocycles. The van der Waals surface area contributed by atoms with Crippen molar-refractivity contribution in [3.05, 3.63) is 35.9 Å². The number of hydrogen-bond acceptors (Lipinski definition) is 4. The van der Waals surface area contributed by atoms with E-state index in [0.717, 1.165) is 5.56 Å². The van der Waals surface area contributed by atoms with E-state index in [0.29, 0.717) is 11.7 Å². The Bertz CT molecular complexity index is 549. The predicted octanol–water partition coefficient (Wildman–Crippen LogP) is 3.43. The van der Waals surface area contributed by atoms with Crippen molar-refractivity contribution in [2.75, 3.05) is 0 Å². The van der Waals surface area contributed by atoms with Crippen LogP contribution in [0.25, 0.3) is 11.3 Å². The summed E-state index contributed by atoms with van der Waals surface area (Å²) in [6, 6.07) is 9.63. The molecule has 0 saturated heterocycles. The normalized spacial score (nSPS) is 10.3. The first-order valence-corrected chi connectivity index (χ1v) is 5.35. The van der Waals surface area contributed by atoms with Crippen molar-refractivity contribution >= 4 is 11.9 Å². The average molecular weight is 228 g/mol. The second kappa shape index (κ2) is 4.76. The minimum Gasteiger partial charge on any atom is -0.354 e. The van der Waals surface area contributed by atoms with Crippen LogP contribution in [0, 0.1) is 0 Å². The number of rotatable bonds is 3. The topological polar surface area (TPSA) is 55.5 Å². The predicted molar refractivity (Wildman–Crippen MR) is 63.8 cm³/mol. The number of aliphatic imine (C=N–C) groups is 1. The summed E-state index contributed by atoms with van der Waals surface area (Å²) in [5.74, 6) is 1.33. The Labute approximate surface area is 99.0 Å². The third-order valence-electron chi connectivity index (χ3n) is 2.52. The zero-order valence-electron chi connectivity index (χ0n) is 9.68. The highest BCUT2D eigenvalue weighted by Gasteiger charge is 2.06. The van der Waals surface area contributed by atoms with Crippen LogP contribution in [0.4, 0.5) is 5.82 Å². The Morgan fingerprint density at radius 3 is 2.59 bits per heavy atom. The lowest BCUT2D eigenvalue weighted by Crippen LogP contribution is -1.85. The zero-order valence-corrected chi connectivity index (χ0v) is 9.68. The first-order chi connectivity index (χ1) is 8.20. The van der Waals surface area contributed by atoms with Crippen molar-refractivity contribution in [2.24, 2.45) is 4.99 Å². The molecule has 2 aromatic rings. The standard InChI is InChI=1S/C13H12N2O2/c1-9(2)10-3-5-11(6-4-10)12-7-13(14-8-16)15-17-12/h3-7,9H,1-2H3. The van der Waals surface area contributed by atoms with E-state index in [4.69, 9.17) is 4.52 Å². The number of isocyanates is 1. The summed E-state index contributed by atoms with van der Waals surface area (Å²) >= 11 is 0. The van der Waals surface area contributed by atoms with Gasteiger partial charge in [0.15, 0.2) is 5.76 Å². The van der Waals surface area contributed by atoms with Crippen LogP contribution in [0.2, 0.25) is 0 Å². The summed E-state index contributed by atoms with van der Waals surface area (Å²) < 4.78 is 5.08. The van der Waals surface area contributed by atoms with Gasteiger partial charge in [0.05, 0.1) is 0 Å². The van der Waals surface area contributed by atoms with E-state index in [-0.39, 0.29) is 5.82 Å². The molecule has 4 nitrogen and oxygen atoms in total. The molecule has 86 valence electrons. The lowest BCUT2D eigenvalue weighted by Gasteiger charge is -2.04. The molecule has 0 aliphatic heterocycles. The van der Waals surface area contributed by atoms with Crippen LogP contribution in [0.1, 0.15) is 25.3 Å². The van der Waals surface area contributed by atoms with E-state index in [2.05, 4.69) is 24.0 Å². The van der Waals surface area contributed by atoms with Gasteiger partial charge in [0.25, 0.3) is 0 Å². The lowest BCUT2D eigenvalue weighted by atomic mass is 10.0. The molecule has 1 heterocycles. The maximum atomic E-state index is 10.1. The van der Waals surface area contributed by atoms with Crippen LogP contribution in [-0.2, 0) is 4.79 Å². The van der Waals surface area contributed by atoms with Crippen molar-refractivity contribution in [3.63, 3.8) is 0 Å². The number of aromatic nitrogens is 1. The van der Waals surface area contributed by atoms with Crippen molar-refractivity contribution in [1.82, 2.24) is 5.16 Å². The molecule has 1 aromatic carbocycles. The molecule has 17 heavy (non-hydrogen) atoms. The molecule has 0 aliphatic rings. The van der Waals surface area contributed by atoms with Crippen LogP contribution < -0.4 is 0 Å². The van der Waals surface area contributed by atoms with E-state index < -0.39 is 0 Å². The molecule has 1 aromatic heterocycles. The number of carbonyl (C=O) groups excluding carboxylic acids is 1. The molecule has 0 amide bonds. The summed E-state index contributed by atoms with van der Waals surface area (Å²) in [5.41, 5.74) is 2.17. The monoisotopic (exact) mass is 228 g/mol. The molecule has 4 heteroatoms. The molecule has 0 unspecified atom stereocenters. The highest BCUT2D eigenvalue weighted by Crippen LogP contribution is 2.25. The van der Waals surface area contributed by atoms with Gasteiger partial charge in [0.1, 0.15) is 0 Å². The summed E-state index contributed by atoms with van der Waals surface area (Å²) in [6.45, 7) is 4.28. The second-order valence-electron chi connectivity index (χ2n) is 4.03. The summed E-state index contributed by atoms with van der Waals surface area (Å²) in [4.78, 5) is 13.5. The lowest BCUT2D eigenvalue weighted by molar-refractivity contribution is 0.434. The van der Waals surface area contributed by atoms with Gasteiger partial charge >= 0.3 is 0 Å². The second-order valence-corrected chi connectivity index (χ2v) is 4.03. The Balaban J connectivity index is 2.29. The first kappa shape index (κ1) is 11.3. The van der Waals surface area contributed by atoms with Gasteiger partial charge in [0.2, 0.25) is 11.9 Å². The van der Waals surface area contributed by atoms with E-state index >= 15 is 0 Å². The van der Waals surface area contributed by atoms with E-state index in [1.165, 1.54) is 11.6 Å². The average Bonchev–Trinajstić information content (AvgIpc) is 2.78. The Kier molecular flexibility index (Phi) is 3.17. The van der Waals surface area contributed by atoms with Crippen molar-refractivity contribution in [1.29, 1.82) is 0 Å². The van der Waals surface area contributed by atoms with Crippen LogP contribution in [0.3, 0.4) is 0 Å². The largest absolute Gasteiger partial charge is 0.354 e. The van der Waals surface area contributed by atoms with Gasteiger partial charge in [0, 0.05) is 11.6 Å². The van der Waals surface area contributed by atoms with E-state index in [1.807, 2.05) is 24.3 Å². The minimum absolute atomic E-state index is 0.239. The minimum atomic E-state index is 0.239. The Morgan fingerprint density at radius 1 is 1.29 bits per heavy atom. The van der Waals surface area contributed by atoms with Crippen molar-refractivity contribution < 1.29 is 9.32 Å². The molecule has 0 fully saturated rings. The van der Waals surface area contributed by atoms with Crippen LogP contribution in [0.5, 0.6) is 0 Å². The van der Waals surface area contributed by atoms with Crippen LogP contribution in [0.15, 0.2) is 39.8 Å². The van der Waals surface area contributed by atoms with Gasteiger partial charge in [-0.15, -0.1) is 4.99 Å². The van der Waals surface area contributed by atoms with Gasteiger partial charge in [-0.3, -0.25) is 0 Å². The summed E-state index contributed by atoms with van der Waals surface area (Å²) in [5, 5.41) is 3.64. The number of nitrogens with zero attached hydrogens (tertiary/aromatic N) is 2. The maximum Gasteiger partial charge on any atom is 0.242 e. The van der Waals surface area contributed by atoms with Crippen LogP contribution in [-0.4, -0.2) is 11.2 Å². The van der Waals surface area contributed by atoms with Gasteiger partial charge in [-0.25, -0.2) is 4.79 Å². The molecule has 0 spiro atoms. The summed E-state index contributed by atoms with van der Waals surface area (Å²) in [6.07, 6.45) is 1.43. The number of benzene rings is 1. The molecule has 0 saturated carbocycles. The van der Waals surface area contributed by atoms with Gasteiger partial charge in [-0.05, 0) is 11.5 Å². The van der Waals surface area contributed by atoms with Crippen molar-refractivity contribution in [3.8, 4) is 11.3 Å². The fraction of sp³-hybridized carbons (Fsp3) is 0.231. The molecule has 0 atom stereocenters. The third-order valence-corrected chi connectivity index (χ3v) is 2.52. The molecule has 0 bridgehead atoms. The van der Waals surface area contributed by atoms with E-state index in [1.54, 1.807) is 6.07 Å². The van der Waals surface area contributed by atoms with Crippen LogP contribution >= 0.6 is 0 Å². The fourth-order valence-corrected chi connectivity index (χ4v) is 1.53. The highest BCUT2D eigenvalue weighted by atomic mass is 16.5. The number of hydrogen-bond donors (Lipinski definition) is 0. The summed E-state index contributed by atoms with van der Waals surface area (Å²) in [7, 11) is 0. The first-order valence-electron chi connectivity index (χ1n) is 5.35.